The molecule has 2 N–H and O–H groups in total. The van der Waals surface area contributed by atoms with Crippen molar-refractivity contribution in [3.05, 3.63) is 64.5 Å². The second-order valence-electron chi connectivity index (χ2n) is 7.25. The minimum absolute atomic E-state index is 0.138. The molecule has 6 heteroatoms. The van der Waals surface area contributed by atoms with Gasteiger partial charge in [-0.25, -0.2) is 4.98 Å². The summed E-state index contributed by atoms with van der Waals surface area (Å²) in [6.07, 6.45) is 2.32. The van der Waals surface area contributed by atoms with E-state index < -0.39 is 5.92 Å². The third-order valence-corrected chi connectivity index (χ3v) is 6.00. The molecule has 2 amide bonds. The van der Waals surface area contributed by atoms with E-state index in [9.17, 15) is 9.59 Å². The van der Waals surface area contributed by atoms with Gasteiger partial charge in [-0.1, -0.05) is 55.8 Å². The number of hydrogen-bond donors (Lipinski definition) is 2. The number of carbonyl (C=O) groups excluding carboxylic acids is 2. The van der Waals surface area contributed by atoms with Crippen molar-refractivity contribution in [3.8, 4) is 11.3 Å². The number of carbonyl (C=O) groups is 2. The van der Waals surface area contributed by atoms with Gasteiger partial charge in [0, 0.05) is 22.5 Å². The molecule has 3 aromatic rings. The van der Waals surface area contributed by atoms with E-state index >= 15 is 0 Å². The summed E-state index contributed by atoms with van der Waals surface area (Å²) in [6, 6.07) is 15.9. The fraction of sp³-hybridized carbons (Fsp3) is 0.261. The summed E-state index contributed by atoms with van der Waals surface area (Å²) >= 11 is 1.45. The predicted molar refractivity (Wildman–Crippen MR) is 117 cm³/mol. The lowest BCUT2D eigenvalue weighted by molar-refractivity contribution is -0.123. The third kappa shape index (κ3) is 4.07. The first-order chi connectivity index (χ1) is 14.0. The molecule has 0 aliphatic carbocycles. The van der Waals surface area contributed by atoms with Crippen molar-refractivity contribution in [2.45, 2.75) is 39.0 Å². The van der Waals surface area contributed by atoms with Gasteiger partial charge < -0.3 is 10.6 Å². The molecule has 1 aromatic heterocycles. The second kappa shape index (κ2) is 8.17. The summed E-state index contributed by atoms with van der Waals surface area (Å²) < 4.78 is 0. The largest absolute Gasteiger partial charge is 0.326 e. The summed E-state index contributed by atoms with van der Waals surface area (Å²) in [7, 11) is 0. The van der Waals surface area contributed by atoms with Gasteiger partial charge in [-0.3, -0.25) is 9.59 Å². The van der Waals surface area contributed by atoms with Crippen LogP contribution < -0.4 is 10.6 Å². The van der Waals surface area contributed by atoms with E-state index in [1.54, 1.807) is 0 Å². The first kappa shape index (κ1) is 19.3. The quantitative estimate of drug-likeness (QED) is 0.618. The van der Waals surface area contributed by atoms with Crippen LogP contribution in [0.5, 0.6) is 0 Å². The highest BCUT2D eigenvalue weighted by Gasteiger charge is 2.31. The van der Waals surface area contributed by atoms with E-state index in [1.807, 2.05) is 31.2 Å². The second-order valence-corrected chi connectivity index (χ2v) is 8.46. The Labute approximate surface area is 174 Å². The Morgan fingerprint density at radius 2 is 1.97 bits per heavy atom. The van der Waals surface area contributed by atoms with Gasteiger partial charge in [0.25, 0.3) is 0 Å². The van der Waals surface area contributed by atoms with Crippen molar-refractivity contribution in [2.24, 2.45) is 0 Å². The predicted octanol–water partition coefficient (Wildman–Crippen LogP) is 5.14. The van der Waals surface area contributed by atoms with Gasteiger partial charge in [0.15, 0.2) is 5.13 Å². The Balaban J connectivity index is 1.54. The van der Waals surface area contributed by atoms with Crippen molar-refractivity contribution in [2.75, 3.05) is 10.6 Å². The van der Waals surface area contributed by atoms with E-state index in [-0.39, 0.29) is 18.2 Å². The molecular weight excluding hydrogens is 382 g/mol. The molecule has 1 aliphatic heterocycles. The SMILES string of the molecule is CCCc1ccc(-c2nc(NC(=O)[C@H]3CC(=O)Nc4ccccc43)sc2C)cc1. The molecule has 0 fully saturated rings. The van der Waals surface area contributed by atoms with Gasteiger partial charge >= 0.3 is 0 Å². The molecule has 2 heterocycles. The number of nitrogens with one attached hydrogen (secondary N) is 2. The average Bonchev–Trinajstić information content (AvgIpc) is 3.08. The Bertz CT molecular complexity index is 1060. The molecule has 4 rings (SSSR count). The monoisotopic (exact) mass is 405 g/mol. The Morgan fingerprint density at radius 1 is 1.21 bits per heavy atom. The first-order valence-corrected chi connectivity index (χ1v) is 10.6. The van der Waals surface area contributed by atoms with E-state index in [1.165, 1.54) is 16.9 Å². The van der Waals surface area contributed by atoms with Crippen LogP contribution in [0.4, 0.5) is 10.8 Å². The van der Waals surface area contributed by atoms with Crippen LogP contribution in [-0.4, -0.2) is 16.8 Å². The fourth-order valence-electron chi connectivity index (χ4n) is 3.67. The lowest BCUT2D eigenvalue weighted by Gasteiger charge is -2.24. The molecule has 29 heavy (non-hydrogen) atoms. The van der Waals surface area contributed by atoms with Gasteiger partial charge in [0.05, 0.1) is 11.6 Å². The van der Waals surface area contributed by atoms with Crippen LogP contribution >= 0.6 is 11.3 Å². The molecule has 1 aliphatic rings. The fourth-order valence-corrected chi connectivity index (χ4v) is 4.51. The summed E-state index contributed by atoms with van der Waals surface area (Å²) in [6.45, 7) is 4.17. The molecule has 1 atom stereocenters. The van der Waals surface area contributed by atoms with E-state index in [2.05, 4.69) is 46.8 Å². The van der Waals surface area contributed by atoms with Crippen molar-refractivity contribution < 1.29 is 9.59 Å². The topological polar surface area (TPSA) is 71.1 Å². The molecule has 0 radical (unpaired) electrons. The number of amides is 2. The van der Waals surface area contributed by atoms with E-state index in [4.69, 9.17) is 0 Å². The van der Waals surface area contributed by atoms with Crippen LogP contribution in [0.1, 0.15) is 41.7 Å². The zero-order valence-electron chi connectivity index (χ0n) is 16.5. The maximum atomic E-state index is 12.9. The normalized spacial score (nSPS) is 15.5. The van der Waals surface area contributed by atoms with Crippen molar-refractivity contribution in [1.29, 1.82) is 0 Å². The number of fused-ring (bicyclic) bond motifs is 1. The molecule has 148 valence electrons. The number of hydrogen-bond acceptors (Lipinski definition) is 4. The van der Waals surface area contributed by atoms with E-state index in [0.29, 0.717) is 10.8 Å². The van der Waals surface area contributed by atoms with Crippen LogP contribution in [-0.2, 0) is 16.0 Å². The van der Waals surface area contributed by atoms with Crippen LogP contribution in [0.2, 0.25) is 0 Å². The number of anilines is 2. The maximum Gasteiger partial charge on any atom is 0.234 e. The molecule has 2 aromatic carbocycles. The zero-order chi connectivity index (χ0) is 20.4. The highest BCUT2D eigenvalue weighted by molar-refractivity contribution is 7.16. The standard InChI is InChI=1S/C23H23N3O2S/c1-3-6-15-9-11-16(12-10-15)21-14(2)29-23(25-21)26-22(28)18-13-20(27)24-19-8-5-4-7-17(18)19/h4-5,7-12,18H,3,6,13H2,1-2H3,(H,24,27)(H,25,26,28)/t18-/m0/s1. The zero-order valence-corrected chi connectivity index (χ0v) is 17.3. The summed E-state index contributed by atoms with van der Waals surface area (Å²) in [5.74, 6) is -0.862. The maximum absolute atomic E-state index is 12.9. The smallest absolute Gasteiger partial charge is 0.234 e. The first-order valence-electron chi connectivity index (χ1n) is 9.81. The Hall–Kier alpha value is -2.99. The molecule has 0 saturated carbocycles. The lowest BCUT2D eigenvalue weighted by atomic mass is 9.90. The molecule has 0 saturated heterocycles. The lowest BCUT2D eigenvalue weighted by Crippen LogP contribution is -2.30. The third-order valence-electron chi connectivity index (χ3n) is 5.11. The van der Waals surface area contributed by atoms with Gasteiger partial charge in [-0.15, -0.1) is 11.3 Å². The molecule has 0 unspecified atom stereocenters. The van der Waals surface area contributed by atoms with Gasteiger partial charge in [0.1, 0.15) is 0 Å². The number of aromatic nitrogens is 1. The van der Waals surface area contributed by atoms with Crippen molar-refractivity contribution in [3.63, 3.8) is 0 Å². The molecule has 0 bridgehead atoms. The van der Waals surface area contributed by atoms with Crippen LogP contribution in [0.25, 0.3) is 11.3 Å². The number of nitrogens with zero attached hydrogens (tertiary/aromatic N) is 1. The van der Waals surface area contributed by atoms with Crippen LogP contribution in [0.3, 0.4) is 0 Å². The number of thiazole rings is 1. The summed E-state index contributed by atoms with van der Waals surface area (Å²) in [4.78, 5) is 30.6. The molecule has 5 nitrogen and oxygen atoms in total. The van der Waals surface area contributed by atoms with E-state index in [0.717, 1.165) is 34.5 Å². The Morgan fingerprint density at radius 3 is 2.72 bits per heavy atom. The Kier molecular flexibility index (Phi) is 5.45. The van der Waals surface area contributed by atoms with Crippen LogP contribution in [0.15, 0.2) is 48.5 Å². The number of rotatable bonds is 5. The number of aryl methyl sites for hydroxylation is 2. The highest BCUT2D eigenvalue weighted by Crippen LogP contribution is 2.35. The minimum atomic E-state index is -0.513. The summed E-state index contributed by atoms with van der Waals surface area (Å²) in [5, 5.41) is 6.31. The summed E-state index contributed by atoms with van der Waals surface area (Å²) in [5.41, 5.74) is 4.78. The average molecular weight is 406 g/mol. The molecule has 0 spiro atoms. The van der Waals surface area contributed by atoms with Gasteiger partial charge in [0.2, 0.25) is 11.8 Å². The van der Waals surface area contributed by atoms with Crippen LogP contribution in [0, 0.1) is 6.92 Å². The van der Waals surface area contributed by atoms with Crippen molar-refractivity contribution in [1.82, 2.24) is 4.98 Å². The van der Waals surface area contributed by atoms with Gasteiger partial charge in [-0.2, -0.15) is 0 Å². The molecular formula is C23H23N3O2S. The number of benzene rings is 2. The van der Waals surface area contributed by atoms with Gasteiger partial charge in [-0.05, 0) is 30.5 Å². The minimum Gasteiger partial charge on any atom is -0.326 e. The highest BCUT2D eigenvalue weighted by atomic mass is 32.1. The van der Waals surface area contributed by atoms with Crippen molar-refractivity contribution >= 4 is 34.0 Å². The number of para-hydroxylation sites is 1.